The van der Waals surface area contributed by atoms with Gasteiger partial charge in [0.25, 0.3) is 0 Å². The first-order valence-corrected chi connectivity index (χ1v) is 6.72. The van der Waals surface area contributed by atoms with Gasteiger partial charge in [-0.05, 0) is 44.5 Å². The molecule has 0 atom stereocenters. The minimum atomic E-state index is -0.742. The normalized spacial score (nSPS) is 11.1. The fraction of sp³-hybridized carbons (Fsp3) is 0.429. The molecule has 0 radical (unpaired) electrons. The van der Waals surface area contributed by atoms with Gasteiger partial charge in [0, 0.05) is 6.04 Å². The number of benzene rings is 1. The van der Waals surface area contributed by atoms with Crippen LogP contribution in [0.4, 0.5) is 8.78 Å². The zero-order valence-electron chi connectivity index (χ0n) is 12.0. The van der Waals surface area contributed by atoms with Gasteiger partial charge in [0.1, 0.15) is 12.9 Å². The zero-order valence-corrected chi connectivity index (χ0v) is 12.0. The number of hydrogen-bond acceptors (Lipinski definition) is 4. The lowest BCUT2D eigenvalue weighted by Crippen LogP contribution is -2.12. The van der Waals surface area contributed by atoms with E-state index in [1.807, 2.05) is 13.8 Å². The minimum absolute atomic E-state index is 0.0533. The first-order valence-electron chi connectivity index (χ1n) is 6.72. The lowest BCUT2D eigenvalue weighted by molar-refractivity contribution is 0.255. The van der Waals surface area contributed by atoms with Gasteiger partial charge in [-0.25, -0.2) is 18.4 Å². The standard InChI is InChI=1S/C14H18F2N4O/c1-9(2)20-13(18-8-19-20)7-21-14-11(15)5-10(3-4-17)6-12(14)16/h5-6,8-9H,3-4,7,17H2,1-2H3. The molecular weight excluding hydrogens is 278 g/mol. The number of ether oxygens (including phenoxy) is 1. The largest absolute Gasteiger partial charge is 0.479 e. The molecule has 7 heteroatoms. The van der Waals surface area contributed by atoms with E-state index in [1.165, 1.54) is 18.5 Å². The van der Waals surface area contributed by atoms with Crippen molar-refractivity contribution in [3.8, 4) is 5.75 Å². The second-order valence-corrected chi connectivity index (χ2v) is 4.93. The Morgan fingerprint density at radius 2 is 1.95 bits per heavy atom. The molecule has 1 heterocycles. The van der Waals surface area contributed by atoms with E-state index in [4.69, 9.17) is 10.5 Å². The van der Waals surface area contributed by atoms with E-state index in [2.05, 4.69) is 10.1 Å². The van der Waals surface area contributed by atoms with Crippen LogP contribution in [0.5, 0.6) is 5.75 Å². The van der Waals surface area contributed by atoms with Crippen LogP contribution in [0, 0.1) is 11.6 Å². The maximum absolute atomic E-state index is 13.9. The predicted molar refractivity (Wildman–Crippen MR) is 73.9 cm³/mol. The summed E-state index contributed by atoms with van der Waals surface area (Å²) in [6.07, 6.45) is 1.80. The molecule has 0 aliphatic carbocycles. The molecule has 2 rings (SSSR count). The molecule has 0 aliphatic heterocycles. The van der Waals surface area contributed by atoms with Gasteiger partial charge in [0.15, 0.2) is 23.2 Å². The van der Waals surface area contributed by atoms with Crippen molar-refractivity contribution in [1.29, 1.82) is 0 Å². The first kappa shape index (κ1) is 15.4. The minimum Gasteiger partial charge on any atom is -0.479 e. The zero-order chi connectivity index (χ0) is 15.4. The quantitative estimate of drug-likeness (QED) is 0.887. The topological polar surface area (TPSA) is 66.0 Å². The maximum Gasteiger partial charge on any atom is 0.191 e. The first-order chi connectivity index (χ1) is 10.0. The predicted octanol–water partition coefficient (Wildman–Crippen LogP) is 2.22. The van der Waals surface area contributed by atoms with Crippen LogP contribution in [-0.4, -0.2) is 21.3 Å². The van der Waals surface area contributed by atoms with Crippen molar-refractivity contribution in [2.24, 2.45) is 5.73 Å². The fourth-order valence-corrected chi connectivity index (χ4v) is 2.01. The second kappa shape index (κ2) is 6.62. The van der Waals surface area contributed by atoms with Crippen molar-refractivity contribution in [2.75, 3.05) is 6.54 Å². The second-order valence-electron chi connectivity index (χ2n) is 4.93. The Kier molecular flexibility index (Phi) is 4.85. The van der Waals surface area contributed by atoms with Gasteiger partial charge in [-0.3, -0.25) is 0 Å². The van der Waals surface area contributed by atoms with Gasteiger partial charge in [-0.1, -0.05) is 0 Å². The van der Waals surface area contributed by atoms with Crippen LogP contribution in [0.3, 0.4) is 0 Å². The number of halogens is 2. The molecule has 0 aliphatic rings. The van der Waals surface area contributed by atoms with E-state index in [1.54, 1.807) is 4.68 Å². The van der Waals surface area contributed by atoms with Crippen molar-refractivity contribution in [1.82, 2.24) is 14.8 Å². The van der Waals surface area contributed by atoms with Crippen LogP contribution in [0.2, 0.25) is 0 Å². The molecule has 2 aromatic rings. The van der Waals surface area contributed by atoms with Crippen molar-refractivity contribution in [3.63, 3.8) is 0 Å². The molecule has 0 saturated heterocycles. The van der Waals surface area contributed by atoms with E-state index in [-0.39, 0.29) is 12.6 Å². The third kappa shape index (κ3) is 3.55. The van der Waals surface area contributed by atoms with Crippen molar-refractivity contribution < 1.29 is 13.5 Å². The molecule has 2 N–H and O–H groups in total. The van der Waals surface area contributed by atoms with Crippen LogP contribution in [-0.2, 0) is 13.0 Å². The Balaban J connectivity index is 2.15. The highest BCUT2D eigenvalue weighted by Gasteiger charge is 2.15. The number of nitrogens with zero attached hydrogens (tertiary/aromatic N) is 3. The molecule has 0 amide bonds. The van der Waals surface area contributed by atoms with Crippen LogP contribution in [0.25, 0.3) is 0 Å². The molecule has 1 aromatic heterocycles. The van der Waals surface area contributed by atoms with Crippen molar-refractivity contribution in [3.05, 3.63) is 41.5 Å². The number of nitrogens with two attached hydrogens (primary N) is 1. The third-order valence-corrected chi connectivity index (χ3v) is 2.97. The highest BCUT2D eigenvalue weighted by Crippen LogP contribution is 2.24. The Hall–Kier alpha value is -2.02. The molecule has 114 valence electrons. The molecule has 0 fully saturated rings. The van der Waals surface area contributed by atoms with E-state index in [0.29, 0.717) is 24.4 Å². The monoisotopic (exact) mass is 296 g/mol. The third-order valence-electron chi connectivity index (χ3n) is 2.97. The molecule has 21 heavy (non-hydrogen) atoms. The van der Waals surface area contributed by atoms with Gasteiger partial charge in [0.2, 0.25) is 0 Å². The van der Waals surface area contributed by atoms with Gasteiger partial charge >= 0.3 is 0 Å². The van der Waals surface area contributed by atoms with Gasteiger partial charge in [-0.15, -0.1) is 0 Å². The number of hydrogen-bond donors (Lipinski definition) is 1. The molecule has 0 saturated carbocycles. The van der Waals surface area contributed by atoms with Crippen LogP contribution < -0.4 is 10.5 Å². The summed E-state index contributed by atoms with van der Waals surface area (Å²) in [5, 5.41) is 4.04. The highest BCUT2D eigenvalue weighted by molar-refractivity contribution is 5.31. The molecule has 0 bridgehead atoms. The summed E-state index contributed by atoms with van der Waals surface area (Å²) in [7, 11) is 0. The summed E-state index contributed by atoms with van der Waals surface area (Å²) in [5.41, 5.74) is 5.88. The Labute approximate surface area is 121 Å². The van der Waals surface area contributed by atoms with Crippen LogP contribution in [0.15, 0.2) is 18.5 Å². The Morgan fingerprint density at radius 3 is 2.52 bits per heavy atom. The highest BCUT2D eigenvalue weighted by atomic mass is 19.1. The van der Waals surface area contributed by atoms with Crippen molar-refractivity contribution >= 4 is 0 Å². The Bertz CT molecular complexity index is 590. The van der Waals surface area contributed by atoms with E-state index in [9.17, 15) is 8.78 Å². The number of rotatable bonds is 6. The average molecular weight is 296 g/mol. The summed E-state index contributed by atoms with van der Waals surface area (Å²) >= 11 is 0. The molecule has 0 spiro atoms. The summed E-state index contributed by atoms with van der Waals surface area (Å²) in [4.78, 5) is 4.02. The summed E-state index contributed by atoms with van der Waals surface area (Å²) in [5.74, 6) is -1.38. The van der Waals surface area contributed by atoms with E-state index < -0.39 is 17.4 Å². The SMILES string of the molecule is CC(C)n1ncnc1COc1c(F)cc(CCN)cc1F. The van der Waals surface area contributed by atoms with Gasteiger partial charge < -0.3 is 10.5 Å². The van der Waals surface area contributed by atoms with Gasteiger partial charge in [-0.2, -0.15) is 5.10 Å². The molecular formula is C14H18F2N4O. The number of aromatic nitrogens is 3. The fourth-order valence-electron chi connectivity index (χ4n) is 2.01. The summed E-state index contributed by atoms with van der Waals surface area (Å²) in [6, 6.07) is 2.56. The summed E-state index contributed by atoms with van der Waals surface area (Å²) < 4.78 is 34.6. The lowest BCUT2D eigenvalue weighted by atomic mass is 10.1. The molecule has 1 aromatic carbocycles. The van der Waals surface area contributed by atoms with E-state index in [0.717, 1.165) is 0 Å². The Morgan fingerprint density at radius 1 is 1.29 bits per heavy atom. The van der Waals surface area contributed by atoms with Gasteiger partial charge in [0.05, 0.1) is 0 Å². The van der Waals surface area contributed by atoms with Crippen LogP contribution >= 0.6 is 0 Å². The smallest absolute Gasteiger partial charge is 0.191 e. The van der Waals surface area contributed by atoms with Crippen LogP contribution in [0.1, 0.15) is 31.3 Å². The maximum atomic E-state index is 13.9. The molecule has 5 nitrogen and oxygen atoms in total. The van der Waals surface area contributed by atoms with E-state index >= 15 is 0 Å². The molecule has 0 unspecified atom stereocenters. The average Bonchev–Trinajstić information content (AvgIpc) is 2.86. The lowest BCUT2D eigenvalue weighted by Gasteiger charge is -2.12. The summed E-state index contributed by atoms with van der Waals surface area (Å²) in [6.45, 7) is 4.14. The van der Waals surface area contributed by atoms with Crippen molar-refractivity contribution in [2.45, 2.75) is 32.9 Å².